The summed E-state index contributed by atoms with van der Waals surface area (Å²) in [6.07, 6.45) is 0. The van der Waals surface area contributed by atoms with E-state index in [1.807, 2.05) is 0 Å². The van der Waals surface area contributed by atoms with Crippen LogP contribution in [0.25, 0.3) is 11.4 Å². The number of halogens is 1. The molecule has 1 aromatic carbocycles. The quantitative estimate of drug-likeness (QED) is 0.637. The van der Waals surface area contributed by atoms with Gasteiger partial charge in [0, 0.05) is 5.56 Å². The fourth-order valence-corrected chi connectivity index (χ4v) is 1.70. The lowest BCUT2D eigenvalue weighted by Crippen LogP contribution is -2.09. The summed E-state index contributed by atoms with van der Waals surface area (Å²) in [6, 6.07) is 5.27. The molecule has 7 heteroatoms. The van der Waals surface area contributed by atoms with E-state index in [0.29, 0.717) is 21.4 Å². The van der Waals surface area contributed by atoms with Crippen molar-refractivity contribution in [2.24, 2.45) is 0 Å². The van der Waals surface area contributed by atoms with E-state index in [9.17, 15) is 0 Å². The van der Waals surface area contributed by atoms with Crippen LogP contribution in [-0.2, 0) is 0 Å². The van der Waals surface area contributed by atoms with E-state index in [-0.39, 0.29) is 0 Å². The second kappa shape index (κ2) is 4.15. The zero-order chi connectivity index (χ0) is 11.7. The first-order valence-corrected chi connectivity index (χ1v) is 5.18. The van der Waals surface area contributed by atoms with Gasteiger partial charge in [-0.15, -0.1) is 0 Å². The molecule has 0 unspecified atom stereocenters. The Bertz CT molecular complexity index is 577. The molecule has 2 rings (SSSR count). The van der Waals surface area contributed by atoms with Gasteiger partial charge in [-0.25, -0.2) is 9.77 Å². The van der Waals surface area contributed by atoms with E-state index in [1.54, 1.807) is 25.3 Å². The third-order valence-electron chi connectivity index (χ3n) is 2.11. The highest BCUT2D eigenvalue weighted by molar-refractivity contribution is 7.71. The lowest BCUT2D eigenvalue weighted by atomic mass is 10.2. The van der Waals surface area contributed by atoms with Gasteiger partial charge in [-0.1, -0.05) is 11.6 Å². The van der Waals surface area contributed by atoms with Crippen LogP contribution in [0.1, 0.15) is 0 Å². The third-order valence-corrected chi connectivity index (χ3v) is 2.70. The molecule has 0 bridgehead atoms. The fraction of sp³-hybridized carbons (Fsp3) is 0.111. The first-order chi connectivity index (χ1) is 7.63. The molecule has 0 fully saturated rings. The standard InChI is InChI=1S/C9H9ClN4OS/c1-15-7-3-2-5(4-6(7)10)8-12-13-9(16)14(8)11/h2-4H,11H2,1H3,(H,13,16). The summed E-state index contributed by atoms with van der Waals surface area (Å²) < 4.78 is 6.69. The highest BCUT2D eigenvalue weighted by atomic mass is 35.5. The number of methoxy groups -OCH3 is 1. The van der Waals surface area contributed by atoms with Gasteiger partial charge in [-0.05, 0) is 30.4 Å². The van der Waals surface area contributed by atoms with Crippen LogP contribution >= 0.6 is 23.8 Å². The zero-order valence-corrected chi connectivity index (χ0v) is 9.97. The molecule has 0 saturated heterocycles. The van der Waals surface area contributed by atoms with Crippen molar-refractivity contribution in [3.8, 4) is 17.1 Å². The number of nitrogens with two attached hydrogens (primary N) is 1. The van der Waals surface area contributed by atoms with Crippen molar-refractivity contribution in [2.45, 2.75) is 0 Å². The van der Waals surface area contributed by atoms with E-state index in [4.69, 9.17) is 34.4 Å². The van der Waals surface area contributed by atoms with Crippen LogP contribution < -0.4 is 10.6 Å². The van der Waals surface area contributed by atoms with Crippen molar-refractivity contribution in [1.29, 1.82) is 0 Å². The molecule has 16 heavy (non-hydrogen) atoms. The number of aromatic nitrogens is 3. The van der Waals surface area contributed by atoms with Gasteiger partial charge in [0.15, 0.2) is 5.82 Å². The van der Waals surface area contributed by atoms with E-state index in [0.717, 1.165) is 5.56 Å². The Balaban J connectivity index is 2.53. The third kappa shape index (κ3) is 1.77. The van der Waals surface area contributed by atoms with Crippen LogP contribution in [0.2, 0.25) is 5.02 Å². The van der Waals surface area contributed by atoms with Crippen molar-refractivity contribution in [3.05, 3.63) is 28.0 Å². The van der Waals surface area contributed by atoms with Gasteiger partial charge in [0.2, 0.25) is 4.77 Å². The van der Waals surface area contributed by atoms with Crippen LogP contribution in [0, 0.1) is 4.77 Å². The number of ether oxygens (including phenoxy) is 1. The Kier molecular flexibility index (Phi) is 2.84. The first-order valence-electron chi connectivity index (χ1n) is 4.40. The van der Waals surface area contributed by atoms with Crippen molar-refractivity contribution in [1.82, 2.24) is 14.9 Å². The summed E-state index contributed by atoms with van der Waals surface area (Å²) in [5.74, 6) is 6.82. The Morgan fingerprint density at radius 3 is 2.81 bits per heavy atom. The predicted octanol–water partition coefficient (Wildman–Crippen LogP) is 1.98. The molecule has 1 aromatic heterocycles. The smallest absolute Gasteiger partial charge is 0.214 e. The Morgan fingerprint density at radius 2 is 2.31 bits per heavy atom. The van der Waals surface area contributed by atoms with Crippen molar-refractivity contribution < 1.29 is 4.74 Å². The lowest BCUT2D eigenvalue weighted by molar-refractivity contribution is 0.415. The predicted molar refractivity (Wildman–Crippen MR) is 64.6 cm³/mol. The molecule has 0 aliphatic heterocycles. The normalized spacial score (nSPS) is 10.4. The number of rotatable bonds is 2. The summed E-state index contributed by atoms with van der Waals surface area (Å²) in [4.78, 5) is 0. The number of nitrogens with zero attached hydrogens (tertiary/aromatic N) is 2. The van der Waals surface area contributed by atoms with E-state index >= 15 is 0 Å². The largest absolute Gasteiger partial charge is 0.495 e. The Labute approximate surface area is 102 Å². The van der Waals surface area contributed by atoms with E-state index < -0.39 is 0 Å². The average molecular weight is 257 g/mol. The van der Waals surface area contributed by atoms with E-state index in [2.05, 4.69) is 10.2 Å². The highest BCUT2D eigenvalue weighted by Crippen LogP contribution is 2.28. The van der Waals surface area contributed by atoms with Gasteiger partial charge in [-0.2, -0.15) is 5.10 Å². The van der Waals surface area contributed by atoms with Crippen LogP contribution in [-0.4, -0.2) is 22.0 Å². The minimum Gasteiger partial charge on any atom is -0.495 e. The van der Waals surface area contributed by atoms with Gasteiger partial charge in [0.05, 0.1) is 12.1 Å². The summed E-state index contributed by atoms with van der Waals surface area (Å²) in [5, 5.41) is 7.10. The van der Waals surface area contributed by atoms with Crippen molar-refractivity contribution in [3.63, 3.8) is 0 Å². The average Bonchev–Trinajstić information content (AvgIpc) is 2.60. The molecule has 0 atom stereocenters. The SMILES string of the molecule is COc1ccc(-c2n[nH]c(=S)n2N)cc1Cl. The minimum atomic E-state index is 0.349. The topological polar surface area (TPSA) is 68.9 Å². The lowest BCUT2D eigenvalue weighted by Gasteiger charge is -2.05. The maximum atomic E-state index is 6.00. The summed E-state index contributed by atoms with van der Waals surface area (Å²) in [7, 11) is 1.56. The summed E-state index contributed by atoms with van der Waals surface area (Å²) in [6.45, 7) is 0. The van der Waals surface area contributed by atoms with Gasteiger partial charge in [-0.3, -0.25) is 0 Å². The Hall–Kier alpha value is -1.53. The Morgan fingerprint density at radius 1 is 1.56 bits per heavy atom. The maximum absolute atomic E-state index is 6.00. The minimum absolute atomic E-state index is 0.349. The van der Waals surface area contributed by atoms with Crippen LogP contribution in [0.5, 0.6) is 5.75 Å². The molecular weight excluding hydrogens is 248 g/mol. The number of benzene rings is 1. The molecule has 0 aliphatic rings. The zero-order valence-electron chi connectivity index (χ0n) is 8.40. The van der Waals surface area contributed by atoms with Gasteiger partial charge in [0.1, 0.15) is 5.75 Å². The molecule has 3 N–H and O–H groups in total. The fourth-order valence-electron chi connectivity index (χ4n) is 1.31. The van der Waals surface area contributed by atoms with Crippen molar-refractivity contribution in [2.75, 3.05) is 13.0 Å². The first kappa shape index (κ1) is 11.0. The molecule has 0 amide bonds. The molecule has 2 aromatic rings. The number of hydrogen-bond acceptors (Lipinski definition) is 4. The highest BCUT2D eigenvalue weighted by Gasteiger charge is 2.09. The molecule has 5 nitrogen and oxygen atoms in total. The van der Waals surface area contributed by atoms with Crippen LogP contribution in [0.4, 0.5) is 0 Å². The van der Waals surface area contributed by atoms with Gasteiger partial charge < -0.3 is 10.6 Å². The molecule has 0 saturated carbocycles. The number of aromatic amines is 1. The molecule has 84 valence electrons. The van der Waals surface area contributed by atoms with Crippen LogP contribution in [0.15, 0.2) is 18.2 Å². The molecule has 0 radical (unpaired) electrons. The second-order valence-electron chi connectivity index (χ2n) is 3.07. The molecule has 0 spiro atoms. The second-order valence-corrected chi connectivity index (χ2v) is 3.87. The summed E-state index contributed by atoms with van der Waals surface area (Å²) in [5.41, 5.74) is 0.764. The number of H-pyrrole nitrogens is 1. The number of hydrogen-bond donors (Lipinski definition) is 2. The number of nitrogen functional groups attached to an aromatic ring is 1. The molecular formula is C9H9ClN4OS. The van der Waals surface area contributed by atoms with Gasteiger partial charge in [0.25, 0.3) is 0 Å². The van der Waals surface area contributed by atoms with Crippen LogP contribution in [0.3, 0.4) is 0 Å². The molecule has 0 aliphatic carbocycles. The maximum Gasteiger partial charge on any atom is 0.214 e. The van der Waals surface area contributed by atoms with Crippen molar-refractivity contribution >= 4 is 23.8 Å². The summed E-state index contributed by atoms with van der Waals surface area (Å²) >= 11 is 10.9. The van der Waals surface area contributed by atoms with E-state index in [1.165, 1.54) is 4.68 Å². The number of nitrogens with one attached hydrogen (secondary N) is 1. The monoisotopic (exact) mass is 256 g/mol. The molecule has 1 heterocycles. The van der Waals surface area contributed by atoms with Gasteiger partial charge >= 0.3 is 0 Å².